The summed E-state index contributed by atoms with van der Waals surface area (Å²) in [7, 11) is 0. The van der Waals surface area contributed by atoms with Crippen LogP contribution in [0.4, 0.5) is 11.4 Å². The van der Waals surface area contributed by atoms with Crippen LogP contribution in [0.1, 0.15) is 44.9 Å². The third-order valence-corrected chi connectivity index (χ3v) is 6.28. The number of fused-ring (bicyclic) bond motifs is 1. The monoisotopic (exact) mass is 395 g/mol. The first-order chi connectivity index (χ1) is 14.1. The number of carbonyl (C=O) groups is 3. The Kier molecular flexibility index (Phi) is 5.97. The molecule has 0 unspecified atom stereocenters. The predicted molar refractivity (Wildman–Crippen MR) is 112 cm³/mol. The number of hydrogen-bond donors (Lipinski definition) is 1. The summed E-state index contributed by atoms with van der Waals surface area (Å²) in [5.41, 5.74) is 1.93. The average molecular weight is 396 g/mol. The number of allylic oxidation sites excluding steroid dienone is 2. The van der Waals surface area contributed by atoms with Crippen LogP contribution in [0.3, 0.4) is 0 Å². The fourth-order valence-corrected chi connectivity index (χ4v) is 4.61. The highest BCUT2D eigenvalue weighted by molar-refractivity contribution is 6.05. The lowest BCUT2D eigenvalue weighted by Crippen LogP contribution is -2.34. The Labute approximate surface area is 171 Å². The second-order valence-corrected chi connectivity index (χ2v) is 8.23. The van der Waals surface area contributed by atoms with Gasteiger partial charge >= 0.3 is 0 Å². The zero-order valence-electron chi connectivity index (χ0n) is 16.8. The van der Waals surface area contributed by atoms with Crippen molar-refractivity contribution in [2.24, 2.45) is 11.8 Å². The van der Waals surface area contributed by atoms with Gasteiger partial charge < -0.3 is 10.2 Å². The Bertz CT molecular complexity index is 768. The minimum atomic E-state index is -0.234. The van der Waals surface area contributed by atoms with Crippen LogP contribution in [0, 0.1) is 11.8 Å². The molecule has 0 radical (unpaired) electrons. The van der Waals surface area contributed by atoms with Crippen molar-refractivity contribution in [3.63, 3.8) is 0 Å². The molecule has 6 heteroatoms. The van der Waals surface area contributed by atoms with Gasteiger partial charge in [-0.15, -0.1) is 0 Å². The summed E-state index contributed by atoms with van der Waals surface area (Å²) in [5.74, 6) is -0.900. The van der Waals surface area contributed by atoms with E-state index in [2.05, 4.69) is 10.2 Å². The van der Waals surface area contributed by atoms with Crippen molar-refractivity contribution in [3.8, 4) is 0 Å². The standard InChI is InChI=1S/C23H29N3O3/c27-21(13-16-26-22(28)19-7-3-4-8-20(19)23(26)29)24-17-9-11-18(12-10-17)25-14-5-1-2-6-15-25/h3-4,9-12,19-20H,1-2,5-8,13-16H2,(H,24,27)/t19-,20+. The lowest BCUT2D eigenvalue weighted by atomic mass is 9.85. The fourth-order valence-electron chi connectivity index (χ4n) is 4.61. The van der Waals surface area contributed by atoms with Crippen LogP contribution in [0.5, 0.6) is 0 Å². The number of nitrogens with zero attached hydrogens (tertiary/aromatic N) is 2. The third-order valence-electron chi connectivity index (χ3n) is 6.28. The number of hydrogen-bond acceptors (Lipinski definition) is 4. The maximum Gasteiger partial charge on any atom is 0.233 e. The van der Waals surface area contributed by atoms with Crippen molar-refractivity contribution in [2.45, 2.75) is 44.9 Å². The van der Waals surface area contributed by atoms with E-state index in [-0.39, 0.29) is 42.5 Å². The van der Waals surface area contributed by atoms with Crippen LogP contribution in [0.15, 0.2) is 36.4 Å². The van der Waals surface area contributed by atoms with Crippen LogP contribution in [-0.2, 0) is 14.4 Å². The molecule has 2 atom stereocenters. The molecule has 0 bridgehead atoms. The number of likely N-dealkylation sites (tertiary alicyclic amines) is 1. The van der Waals surface area contributed by atoms with E-state index in [4.69, 9.17) is 0 Å². The maximum atomic E-state index is 12.5. The summed E-state index contributed by atoms with van der Waals surface area (Å²) in [5, 5.41) is 2.88. The van der Waals surface area contributed by atoms with Gasteiger partial charge in [-0.25, -0.2) is 0 Å². The molecule has 1 aromatic carbocycles. The minimum Gasteiger partial charge on any atom is -0.372 e. The normalized spacial score (nSPS) is 24.4. The highest BCUT2D eigenvalue weighted by atomic mass is 16.2. The molecule has 4 rings (SSSR count). The molecule has 1 N–H and O–H groups in total. The predicted octanol–water partition coefficient (Wildman–Crippen LogP) is 3.35. The largest absolute Gasteiger partial charge is 0.372 e. The zero-order chi connectivity index (χ0) is 20.2. The van der Waals surface area contributed by atoms with E-state index in [0.717, 1.165) is 18.8 Å². The number of rotatable bonds is 5. The van der Waals surface area contributed by atoms with Gasteiger partial charge in [-0.1, -0.05) is 25.0 Å². The number of nitrogens with one attached hydrogen (secondary N) is 1. The van der Waals surface area contributed by atoms with Gasteiger partial charge in [0, 0.05) is 37.4 Å². The van der Waals surface area contributed by atoms with E-state index < -0.39 is 0 Å². The van der Waals surface area contributed by atoms with Crippen molar-refractivity contribution >= 4 is 29.1 Å². The lowest BCUT2D eigenvalue weighted by molar-refractivity contribution is -0.140. The van der Waals surface area contributed by atoms with Gasteiger partial charge in [-0.3, -0.25) is 19.3 Å². The molecule has 1 aliphatic carbocycles. The Hall–Kier alpha value is -2.63. The van der Waals surface area contributed by atoms with E-state index in [1.807, 2.05) is 36.4 Å². The first kappa shape index (κ1) is 19.7. The number of imide groups is 1. The Balaban J connectivity index is 1.28. The fraction of sp³-hybridized carbons (Fsp3) is 0.522. The Morgan fingerprint density at radius 3 is 2.07 bits per heavy atom. The molecule has 2 heterocycles. The van der Waals surface area contributed by atoms with E-state index >= 15 is 0 Å². The summed E-state index contributed by atoms with van der Waals surface area (Å²) in [4.78, 5) is 41.0. The molecule has 0 saturated carbocycles. The number of anilines is 2. The van der Waals surface area contributed by atoms with E-state index in [1.165, 1.54) is 36.3 Å². The molecule has 2 saturated heterocycles. The molecular formula is C23H29N3O3. The highest BCUT2D eigenvalue weighted by Crippen LogP contribution is 2.35. The van der Waals surface area contributed by atoms with Gasteiger partial charge in [0.25, 0.3) is 0 Å². The molecule has 29 heavy (non-hydrogen) atoms. The van der Waals surface area contributed by atoms with Crippen molar-refractivity contribution in [1.29, 1.82) is 0 Å². The Morgan fingerprint density at radius 1 is 0.897 bits per heavy atom. The van der Waals surface area contributed by atoms with Crippen LogP contribution in [-0.4, -0.2) is 42.3 Å². The molecule has 0 spiro atoms. The van der Waals surface area contributed by atoms with E-state index in [9.17, 15) is 14.4 Å². The molecule has 1 aromatic rings. The zero-order valence-corrected chi connectivity index (χ0v) is 16.8. The molecule has 2 fully saturated rings. The smallest absolute Gasteiger partial charge is 0.233 e. The molecule has 0 aromatic heterocycles. The van der Waals surface area contributed by atoms with Crippen LogP contribution in [0.25, 0.3) is 0 Å². The maximum absolute atomic E-state index is 12.5. The molecule has 3 aliphatic rings. The van der Waals surface area contributed by atoms with Crippen molar-refractivity contribution in [2.75, 3.05) is 29.9 Å². The van der Waals surface area contributed by atoms with Gasteiger partial charge in [0.1, 0.15) is 0 Å². The number of benzene rings is 1. The third kappa shape index (κ3) is 4.36. The summed E-state index contributed by atoms with van der Waals surface area (Å²) >= 11 is 0. The van der Waals surface area contributed by atoms with Crippen LogP contribution in [0.2, 0.25) is 0 Å². The Morgan fingerprint density at radius 2 is 1.48 bits per heavy atom. The quantitative estimate of drug-likeness (QED) is 0.613. The van der Waals surface area contributed by atoms with Crippen molar-refractivity contribution in [3.05, 3.63) is 36.4 Å². The first-order valence-corrected chi connectivity index (χ1v) is 10.8. The van der Waals surface area contributed by atoms with Gasteiger partial charge in [0.15, 0.2) is 0 Å². The van der Waals surface area contributed by atoms with Gasteiger partial charge in [-0.05, 0) is 49.9 Å². The molecule has 3 amide bonds. The van der Waals surface area contributed by atoms with Gasteiger partial charge in [-0.2, -0.15) is 0 Å². The van der Waals surface area contributed by atoms with E-state index in [1.54, 1.807) is 0 Å². The minimum absolute atomic E-state index is 0.123. The van der Waals surface area contributed by atoms with Crippen LogP contribution < -0.4 is 10.2 Å². The van der Waals surface area contributed by atoms with Gasteiger partial charge in [0.05, 0.1) is 11.8 Å². The van der Waals surface area contributed by atoms with Crippen molar-refractivity contribution < 1.29 is 14.4 Å². The lowest BCUT2D eigenvalue weighted by Gasteiger charge is -2.22. The van der Waals surface area contributed by atoms with Crippen molar-refractivity contribution in [1.82, 2.24) is 4.90 Å². The summed E-state index contributed by atoms with van der Waals surface area (Å²) < 4.78 is 0. The summed E-state index contributed by atoms with van der Waals surface area (Å²) in [6, 6.07) is 7.94. The second-order valence-electron chi connectivity index (χ2n) is 8.23. The summed E-state index contributed by atoms with van der Waals surface area (Å²) in [6.45, 7) is 2.32. The first-order valence-electron chi connectivity index (χ1n) is 10.8. The van der Waals surface area contributed by atoms with E-state index in [0.29, 0.717) is 12.8 Å². The summed E-state index contributed by atoms with van der Waals surface area (Å²) in [6.07, 6.45) is 10.4. The molecular weight excluding hydrogens is 366 g/mol. The highest BCUT2D eigenvalue weighted by Gasteiger charge is 2.46. The second kappa shape index (κ2) is 8.80. The molecule has 6 nitrogen and oxygen atoms in total. The SMILES string of the molecule is O=C(CCN1C(=O)[C@H]2CC=CC[C@H]2C1=O)Nc1ccc(N2CCCCCC2)cc1. The molecule has 154 valence electrons. The average Bonchev–Trinajstić information content (AvgIpc) is 2.92. The van der Waals surface area contributed by atoms with Crippen LogP contribution >= 0.6 is 0 Å². The number of carbonyl (C=O) groups excluding carboxylic acids is 3. The topological polar surface area (TPSA) is 69.7 Å². The number of amides is 3. The van der Waals surface area contributed by atoms with Gasteiger partial charge in [0.2, 0.25) is 17.7 Å². The molecule has 2 aliphatic heterocycles.